The quantitative estimate of drug-likeness (QED) is 0.575. The molecule has 0 unspecified atom stereocenters. The Labute approximate surface area is 71.2 Å². The van der Waals surface area contributed by atoms with Crippen LogP contribution in [0.5, 0.6) is 0 Å². The largest absolute Gasteiger partial charge is 0.392 e. The Hall–Kier alpha value is -0.560. The molecule has 0 bridgehead atoms. The van der Waals surface area contributed by atoms with Gasteiger partial charge in [0.1, 0.15) is 0 Å². The van der Waals surface area contributed by atoms with E-state index >= 15 is 0 Å². The SMILES string of the molecule is [2H]C([2H])(O)C1=CCC(=C(C)C)CC1. The first-order valence-electron chi connectivity index (χ1n) is 4.98. The predicted octanol–water partition coefficient (Wildman–Crippen LogP) is 2.43. The van der Waals surface area contributed by atoms with Gasteiger partial charge in [-0.25, -0.2) is 0 Å². The first-order chi connectivity index (χ1) is 5.91. The van der Waals surface area contributed by atoms with Crippen LogP contribution in [0.3, 0.4) is 0 Å². The summed E-state index contributed by atoms with van der Waals surface area (Å²) in [5.74, 6) is 0. The van der Waals surface area contributed by atoms with Gasteiger partial charge in [-0.3, -0.25) is 0 Å². The Balaban J connectivity index is 2.75. The van der Waals surface area contributed by atoms with Crippen molar-refractivity contribution in [3.8, 4) is 0 Å². The van der Waals surface area contributed by atoms with E-state index in [0.717, 1.165) is 12.8 Å². The van der Waals surface area contributed by atoms with E-state index in [2.05, 4.69) is 13.8 Å². The molecule has 1 nitrogen and oxygen atoms in total. The van der Waals surface area contributed by atoms with Crippen molar-refractivity contribution in [3.63, 3.8) is 0 Å². The lowest BCUT2D eigenvalue weighted by Crippen LogP contribution is -1.99. The number of rotatable bonds is 1. The summed E-state index contributed by atoms with van der Waals surface area (Å²) in [5, 5.41) is 9.12. The van der Waals surface area contributed by atoms with E-state index in [9.17, 15) is 0 Å². The maximum absolute atomic E-state index is 9.12. The molecular formula is C10H16O. The second-order valence-electron chi connectivity index (χ2n) is 3.15. The molecule has 0 radical (unpaired) electrons. The van der Waals surface area contributed by atoms with E-state index in [1.165, 1.54) is 11.1 Å². The van der Waals surface area contributed by atoms with Crippen LogP contribution in [0.15, 0.2) is 22.8 Å². The molecule has 1 aliphatic carbocycles. The molecule has 0 spiro atoms. The molecule has 11 heavy (non-hydrogen) atoms. The third-order valence-electron chi connectivity index (χ3n) is 2.14. The van der Waals surface area contributed by atoms with Crippen LogP contribution in [0, 0.1) is 0 Å². The fourth-order valence-electron chi connectivity index (χ4n) is 1.29. The maximum atomic E-state index is 9.12. The molecule has 0 aromatic heterocycles. The molecule has 1 aliphatic rings. The van der Waals surface area contributed by atoms with Gasteiger partial charge in [0.05, 0.1) is 9.30 Å². The van der Waals surface area contributed by atoms with Gasteiger partial charge in [0, 0.05) is 0 Å². The van der Waals surface area contributed by atoms with Crippen LogP contribution in [0.2, 0.25) is 0 Å². The van der Waals surface area contributed by atoms with Gasteiger partial charge < -0.3 is 5.11 Å². The first kappa shape index (κ1) is 6.01. The molecule has 1 rings (SSSR count). The van der Waals surface area contributed by atoms with Gasteiger partial charge in [-0.1, -0.05) is 17.2 Å². The number of hydrogen-bond donors (Lipinski definition) is 1. The van der Waals surface area contributed by atoms with Crippen LogP contribution in [0.4, 0.5) is 0 Å². The highest BCUT2D eigenvalue weighted by molar-refractivity contribution is 5.22. The highest BCUT2D eigenvalue weighted by Crippen LogP contribution is 2.24. The minimum absolute atomic E-state index is 0.525. The Morgan fingerprint density at radius 3 is 2.73 bits per heavy atom. The second kappa shape index (κ2) is 3.72. The van der Waals surface area contributed by atoms with Crippen molar-refractivity contribution < 1.29 is 7.85 Å². The van der Waals surface area contributed by atoms with Crippen LogP contribution < -0.4 is 0 Å². The highest BCUT2D eigenvalue weighted by Gasteiger charge is 2.07. The van der Waals surface area contributed by atoms with Crippen LogP contribution >= 0.6 is 0 Å². The standard InChI is InChI=1S/C10H16O/c1-8(2)10-5-3-9(7-11)4-6-10/h3,11H,4-7H2,1-2H3/i7D2. The minimum Gasteiger partial charge on any atom is -0.392 e. The summed E-state index contributed by atoms with van der Waals surface area (Å²) in [5.41, 5.74) is 3.21. The molecule has 0 atom stereocenters. The average molecular weight is 154 g/mol. The van der Waals surface area contributed by atoms with E-state index in [0.29, 0.717) is 12.0 Å². The van der Waals surface area contributed by atoms with Crippen molar-refractivity contribution in [2.24, 2.45) is 0 Å². The Morgan fingerprint density at radius 2 is 2.36 bits per heavy atom. The lowest BCUT2D eigenvalue weighted by atomic mass is 9.92. The highest BCUT2D eigenvalue weighted by atomic mass is 16.3. The molecule has 0 fully saturated rings. The molecule has 0 aromatic rings. The third kappa shape index (κ3) is 2.19. The van der Waals surface area contributed by atoms with Crippen molar-refractivity contribution in [3.05, 3.63) is 22.8 Å². The number of hydrogen-bond acceptors (Lipinski definition) is 1. The van der Waals surface area contributed by atoms with Gasteiger partial charge in [0.25, 0.3) is 0 Å². The molecule has 0 heterocycles. The number of aliphatic hydroxyl groups is 1. The summed E-state index contributed by atoms with van der Waals surface area (Å²) in [6.45, 7) is 2.02. The van der Waals surface area contributed by atoms with Crippen molar-refractivity contribution in [1.82, 2.24) is 0 Å². The van der Waals surface area contributed by atoms with Crippen LogP contribution in [0.1, 0.15) is 35.9 Å². The van der Waals surface area contributed by atoms with E-state index in [1.807, 2.05) is 6.08 Å². The zero-order valence-corrected chi connectivity index (χ0v) is 7.15. The molecule has 0 aliphatic heterocycles. The Morgan fingerprint density at radius 1 is 1.64 bits per heavy atom. The Kier molecular flexibility index (Phi) is 2.03. The van der Waals surface area contributed by atoms with Gasteiger partial charge in [0.15, 0.2) is 0 Å². The molecule has 0 aromatic carbocycles. The number of allylic oxidation sites excluding steroid dienone is 3. The molecule has 1 heteroatoms. The lowest BCUT2D eigenvalue weighted by Gasteiger charge is -2.15. The lowest BCUT2D eigenvalue weighted by molar-refractivity contribution is 0.325. The van der Waals surface area contributed by atoms with Gasteiger partial charge in [-0.2, -0.15) is 0 Å². The van der Waals surface area contributed by atoms with Gasteiger partial charge in [-0.05, 0) is 38.7 Å². The predicted molar refractivity (Wildman–Crippen MR) is 47.4 cm³/mol. The third-order valence-corrected chi connectivity index (χ3v) is 2.14. The zero-order chi connectivity index (χ0) is 10.1. The summed E-state index contributed by atoms with van der Waals surface area (Å²) in [7, 11) is 0. The van der Waals surface area contributed by atoms with Crippen LogP contribution in [0.25, 0.3) is 0 Å². The Bertz CT molecular complexity index is 255. The fourth-order valence-corrected chi connectivity index (χ4v) is 1.29. The summed E-state index contributed by atoms with van der Waals surface area (Å²) >= 11 is 0. The topological polar surface area (TPSA) is 20.2 Å². The summed E-state index contributed by atoms with van der Waals surface area (Å²) in [6.07, 6.45) is 4.13. The maximum Gasteiger partial charge on any atom is 0.0641 e. The van der Waals surface area contributed by atoms with E-state index in [-0.39, 0.29) is 0 Å². The molecule has 1 N–H and O–H groups in total. The minimum atomic E-state index is -2.12. The molecular weight excluding hydrogens is 136 g/mol. The van der Waals surface area contributed by atoms with E-state index in [4.69, 9.17) is 7.85 Å². The van der Waals surface area contributed by atoms with Gasteiger partial charge in [0.2, 0.25) is 0 Å². The van der Waals surface area contributed by atoms with Crippen molar-refractivity contribution >= 4 is 0 Å². The zero-order valence-electron chi connectivity index (χ0n) is 9.15. The van der Waals surface area contributed by atoms with E-state index < -0.39 is 6.56 Å². The summed E-state index contributed by atoms with van der Waals surface area (Å²) < 4.78 is 14.3. The molecule has 0 saturated carbocycles. The first-order valence-corrected chi connectivity index (χ1v) is 3.98. The second-order valence-corrected chi connectivity index (χ2v) is 3.15. The van der Waals surface area contributed by atoms with Crippen molar-refractivity contribution in [2.45, 2.75) is 33.1 Å². The van der Waals surface area contributed by atoms with Crippen molar-refractivity contribution in [2.75, 3.05) is 6.56 Å². The van der Waals surface area contributed by atoms with Gasteiger partial charge in [-0.15, -0.1) is 0 Å². The summed E-state index contributed by atoms with van der Waals surface area (Å²) in [6, 6.07) is 0. The normalized spacial score (nSPS) is 22.1. The molecule has 0 amide bonds. The van der Waals surface area contributed by atoms with Crippen LogP contribution in [-0.2, 0) is 0 Å². The summed E-state index contributed by atoms with van der Waals surface area (Å²) in [4.78, 5) is 0. The monoisotopic (exact) mass is 154 g/mol. The fraction of sp³-hybridized carbons (Fsp3) is 0.600. The van der Waals surface area contributed by atoms with E-state index in [1.54, 1.807) is 0 Å². The molecule has 62 valence electrons. The van der Waals surface area contributed by atoms with Crippen LogP contribution in [-0.4, -0.2) is 11.7 Å². The smallest absolute Gasteiger partial charge is 0.0641 e. The average Bonchev–Trinajstić information content (AvgIpc) is 2.03. The molecule has 0 saturated heterocycles. The van der Waals surface area contributed by atoms with Crippen molar-refractivity contribution in [1.29, 1.82) is 0 Å². The van der Waals surface area contributed by atoms with Gasteiger partial charge >= 0.3 is 0 Å².